The normalized spacial score (nSPS) is 19.6. The number of ether oxygens (including phenoxy) is 1. The zero-order valence-corrected chi connectivity index (χ0v) is 16.1. The van der Waals surface area contributed by atoms with E-state index >= 15 is 0 Å². The maximum absolute atomic E-state index is 13.1. The van der Waals surface area contributed by atoms with Gasteiger partial charge in [-0.05, 0) is 26.8 Å². The lowest BCUT2D eigenvalue weighted by Crippen LogP contribution is -2.32. The van der Waals surface area contributed by atoms with Crippen LogP contribution >= 0.6 is 0 Å². The van der Waals surface area contributed by atoms with Gasteiger partial charge in [-0.25, -0.2) is 0 Å². The van der Waals surface area contributed by atoms with Crippen molar-refractivity contribution in [3.8, 4) is 0 Å². The van der Waals surface area contributed by atoms with Crippen LogP contribution in [-0.2, 0) is 16.1 Å². The summed E-state index contributed by atoms with van der Waals surface area (Å²) >= 11 is 0. The molecule has 3 rings (SSSR count). The number of likely N-dealkylation sites (tertiary alicyclic amines) is 1. The van der Waals surface area contributed by atoms with Crippen LogP contribution in [0.3, 0.4) is 0 Å². The van der Waals surface area contributed by atoms with Crippen molar-refractivity contribution in [3.63, 3.8) is 0 Å². The van der Waals surface area contributed by atoms with Crippen LogP contribution < -0.4 is 5.73 Å². The zero-order chi connectivity index (χ0) is 19.7. The van der Waals surface area contributed by atoms with Gasteiger partial charge in [0.25, 0.3) is 5.91 Å². The van der Waals surface area contributed by atoms with Gasteiger partial charge in [-0.15, -0.1) is 0 Å². The van der Waals surface area contributed by atoms with E-state index in [1.807, 2.05) is 19.9 Å². The molecule has 27 heavy (non-hydrogen) atoms. The first-order chi connectivity index (χ1) is 12.8. The number of carbonyl (C=O) groups excluding carboxylic acids is 2. The number of methoxy groups -OCH3 is 1. The lowest BCUT2D eigenvalue weighted by atomic mass is 9.95. The summed E-state index contributed by atoms with van der Waals surface area (Å²) in [4.78, 5) is 30.9. The highest BCUT2D eigenvalue weighted by Gasteiger charge is 2.43. The van der Waals surface area contributed by atoms with Gasteiger partial charge in [0.15, 0.2) is 5.82 Å². The third kappa shape index (κ3) is 3.59. The van der Waals surface area contributed by atoms with E-state index in [0.29, 0.717) is 37.0 Å². The summed E-state index contributed by atoms with van der Waals surface area (Å²) in [5.41, 5.74) is 8.05. The fourth-order valence-corrected chi connectivity index (χ4v) is 3.69. The molecule has 1 saturated heterocycles. The zero-order valence-electron chi connectivity index (χ0n) is 16.1. The molecule has 0 saturated carbocycles. The van der Waals surface area contributed by atoms with Crippen molar-refractivity contribution in [3.05, 3.63) is 34.7 Å². The van der Waals surface area contributed by atoms with E-state index in [1.165, 1.54) is 0 Å². The number of hydrogen-bond donors (Lipinski definition) is 1. The van der Waals surface area contributed by atoms with Gasteiger partial charge in [0.2, 0.25) is 11.8 Å². The highest BCUT2D eigenvalue weighted by Crippen LogP contribution is 2.33. The second kappa shape index (κ2) is 7.51. The van der Waals surface area contributed by atoms with Gasteiger partial charge in [0.1, 0.15) is 0 Å². The number of aryl methyl sites for hydroxylation is 2. The standard InChI is InChI=1S/C18H25N5O4/c1-10-7-13(11(2)23(10)5-6-26-4)18(25)22-8-14(16(19)24)15(9-22)17-20-12(3)21-27-17/h7,14-15H,5-6,8-9H2,1-4H3,(H2,19,24)/t14-,15-/m1/s1. The number of nitrogens with zero attached hydrogens (tertiary/aromatic N) is 4. The Hall–Kier alpha value is -2.68. The molecule has 2 N–H and O–H groups in total. The number of primary amides is 1. The average molecular weight is 375 g/mol. The predicted molar refractivity (Wildman–Crippen MR) is 96.1 cm³/mol. The highest BCUT2D eigenvalue weighted by atomic mass is 16.5. The topological polar surface area (TPSA) is 116 Å². The molecular weight excluding hydrogens is 350 g/mol. The quantitative estimate of drug-likeness (QED) is 0.798. The summed E-state index contributed by atoms with van der Waals surface area (Å²) in [6.45, 7) is 7.37. The van der Waals surface area contributed by atoms with E-state index in [4.69, 9.17) is 15.0 Å². The average Bonchev–Trinajstić information content (AvgIpc) is 3.31. The van der Waals surface area contributed by atoms with Crippen molar-refractivity contribution in [1.29, 1.82) is 0 Å². The van der Waals surface area contributed by atoms with Crippen LogP contribution in [-0.4, -0.2) is 58.2 Å². The molecule has 0 aliphatic carbocycles. The second-order valence-corrected chi connectivity index (χ2v) is 6.93. The summed E-state index contributed by atoms with van der Waals surface area (Å²) < 4.78 is 12.4. The summed E-state index contributed by atoms with van der Waals surface area (Å²) in [6.07, 6.45) is 0. The van der Waals surface area contributed by atoms with Crippen LogP contribution in [0, 0.1) is 26.7 Å². The van der Waals surface area contributed by atoms with Gasteiger partial charge in [0, 0.05) is 38.1 Å². The Labute approximate surface area is 157 Å². The highest BCUT2D eigenvalue weighted by molar-refractivity contribution is 5.96. The number of rotatable bonds is 6. The molecule has 2 aromatic heterocycles. The lowest BCUT2D eigenvalue weighted by Gasteiger charge is -2.16. The Morgan fingerprint density at radius 3 is 2.67 bits per heavy atom. The van der Waals surface area contributed by atoms with Crippen molar-refractivity contribution in [1.82, 2.24) is 19.6 Å². The summed E-state index contributed by atoms with van der Waals surface area (Å²) in [5.74, 6) is -0.708. The van der Waals surface area contributed by atoms with Crippen molar-refractivity contribution in [2.75, 3.05) is 26.8 Å². The first-order valence-corrected chi connectivity index (χ1v) is 8.88. The Balaban J connectivity index is 1.84. The molecule has 1 aliphatic heterocycles. The molecule has 1 aliphatic rings. The number of amides is 2. The van der Waals surface area contributed by atoms with Crippen molar-refractivity contribution in [2.45, 2.75) is 33.2 Å². The monoisotopic (exact) mass is 375 g/mol. The first-order valence-electron chi connectivity index (χ1n) is 8.88. The summed E-state index contributed by atoms with van der Waals surface area (Å²) in [7, 11) is 1.65. The molecule has 1 fully saturated rings. The van der Waals surface area contributed by atoms with Crippen LogP contribution in [0.2, 0.25) is 0 Å². The number of nitrogens with two attached hydrogens (primary N) is 1. The van der Waals surface area contributed by atoms with Gasteiger partial charge < -0.3 is 24.5 Å². The van der Waals surface area contributed by atoms with Crippen LogP contribution in [0.5, 0.6) is 0 Å². The smallest absolute Gasteiger partial charge is 0.255 e. The van der Waals surface area contributed by atoms with E-state index in [1.54, 1.807) is 18.9 Å². The number of carbonyl (C=O) groups is 2. The minimum Gasteiger partial charge on any atom is -0.383 e. The molecule has 2 atom stereocenters. The van der Waals surface area contributed by atoms with E-state index in [-0.39, 0.29) is 18.4 Å². The molecule has 2 amide bonds. The minimum atomic E-state index is -0.550. The Kier molecular flexibility index (Phi) is 5.31. The molecule has 0 unspecified atom stereocenters. The fourth-order valence-electron chi connectivity index (χ4n) is 3.69. The minimum absolute atomic E-state index is 0.128. The van der Waals surface area contributed by atoms with Crippen LogP contribution in [0.4, 0.5) is 0 Å². The molecule has 146 valence electrons. The SMILES string of the molecule is COCCn1c(C)cc(C(=O)N2C[C@@H](C(N)=O)[C@H](c3nc(C)no3)C2)c1C. The van der Waals surface area contributed by atoms with Crippen LogP contribution in [0.1, 0.15) is 39.4 Å². The Bertz CT molecular complexity index is 856. The van der Waals surface area contributed by atoms with Crippen LogP contribution in [0.25, 0.3) is 0 Å². The van der Waals surface area contributed by atoms with Crippen molar-refractivity contribution in [2.24, 2.45) is 11.7 Å². The maximum atomic E-state index is 13.1. The third-order valence-electron chi connectivity index (χ3n) is 5.16. The van der Waals surface area contributed by atoms with Gasteiger partial charge in [0.05, 0.1) is 24.0 Å². The Morgan fingerprint density at radius 1 is 1.33 bits per heavy atom. The van der Waals surface area contributed by atoms with Gasteiger partial charge in [-0.2, -0.15) is 4.98 Å². The molecule has 9 heteroatoms. The molecular formula is C18H25N5O4. The molecule has 9 nitrogen and oxygen atoms in total. The first kappa shape index (κ1) is 19.1. The van der Waals surface area contributed by atoms with Crippen LogP contribution in [0.15, 0.2) is 10.6 Å². The maximum Gasteiger partial charge on any atom is 0.255 e. The van der Waals surface area contributed by atoms with Crippen molar-refractivity contribution < 1.29 is 18.8 Å². The fraction of sp³-hybridized carbons (Fsp3) is 0.556. The van der Waals surface area contributed by atoms with E-state index in [2.05, 4.69) is 14.7 Å². The molecule has 0 bridgehead atoms. The van der Waals surface area contributed by atoms with E-state index in [0.717, 1.165) is 11.4 Å². The molecule has 2 aromatic rings. The number of hydrogen-bond acceptors (Lipinski definition) is 6. The lowest BCUT2D eigenvalue weighted by molar-refractivity contribution is -0.121. The summed E-state index contributed by atoms with van der Waals surface area (Å²) in [5, 5.41) is 3.78. The van der Waals surface area contributed by atoms with E-state index < -0.39 is 11.8 Å². The molecule has 3 heterocycles. The second-order valence-electron chi connectivity index (χ2n) is 6.93. The van der Waals surface area contributed by atoms with Gasteiger partial charge in [-0.3, -0.25) is 9.59 Å². The number of aromatic nitrogens is 3. The molecule has 0 spiro atoms. The third-order valence-corrected chi connectivity index (χ3v) is 5.16. The van der Waals surface area contributed by atoms with Gasteiger partial charge in [-0.1, -0.05) is 5.16 Å². The molecule has 0 aromatic carbocycles. The predicted octanol–water partition coefficient (Wildman–Crippen LogP) is 0.784. The summed E-state index contributed by atoms with van der Waals surface area (Å²) in [6, 6.07) is 1.87. The van der Waals surface area contributed by atoms with Crippen molar-refractivity contribution >= 4 is 11.8 Å². The largest absolute Gasteiger partial charge is 0.383 e. The van der Waals surface area contributed by atoms with Gasteiger partial charge >= 0.3 is 0 Å². The molecule has 0 radical (unpaired) electrons. The van der Waals surface area contributed by atoms with E-state index in [9.17, 15) is 9.59 Å². The Morgan fingerprint density at radius 2 is 2.07 bits per heavy atom.